The minimum atomic E-state index is 0.0286. The van der Waals surface area contributed by atoms with Crippen molar-refractivity contribution in [3.63, 3.8) is 0 Å². The van der Waals surface area contributed by atoms with E-state index in [4.69, 9.17) is 11.6 Å². The molecule has 1 heterocycles. The molecule has 2 aromatic rings. The number of thioether (sulfide) groups is 1. The first-order chi connectivity index (χ1) is 9.54. The average Bonchev–Trinajstić information content (AvgIpc) is 2.80. The topological polar surface area (TPSA) is 29.1 Å². The standard InChI is InChI=1S/C15H16ClNOS2/c1-10-3-4-12(7-11(10)2)17-15(18)9-19-8-13-5-6-14(16)20-13/h3-7H,8-9H2,1-2H3,(H,17,18). The third-order valence-corrected chi connectivity index (χ3v) is 5.29. The molecule has 0 aliphatic carbocycles. The van der Waals surface area contributed by atoms with E-state index < -0.39 is 0 Å². The summed E-state index contributed by atoms with van der Waals surface area (Å²) < 4.78 is 0.792. The summed E-state index contributed by atoms with van der Waals surface area (Å²) >= 11 is 9.02. The molecular formula is C15H16ClNOS2. The highest BCUT2D eigenvalue weighted by Crippen LogP contribution is 2.25. The Kier molecular flexibility index (Phi) is 5.52. The number of thiophene rings is 1. The zero-order valence-electron chi connectivity index (χ0n) is 11.4. The lowest BCUT2D eigenvalue weighted by atomic mass is 10.1. The summed E-state index contributed by atoms with van der Waals surface area (Å²) in [5, 5.41) is 2.92. The molecule has 1 amide bonds. The number of benzene rings is 1. The van der Waals surface area contributed by atoms with Gasteiger partial charge in [-0.25, -0.2) is 0 Å². The second-order valence-electron chi connectivity index (χ2n) is 4.55. The number of nitrogens with one attached hydrogen (secondary N) is 1. The molecule has 0 atom stereocenters. The molecule has 2 rings (SSSR count). The van der Waals surface area contributed by atoms with Crippen molar-refractivity contribution in [1.29, 1.82) is 0 Å². The minimum Gasteiger partial charge on any atom is -0.325 e. The summed E-state index contributed by atoms with van der Waals surface area (Å²) in [6.07, 6.45) is 0. The van der Waals surface area contributed by atoms with Gasteiger partial charge in [-0.15, -0.1) is 23.1 Å². The van der Waals surface area contributed by atoms with Crippen LogP contribution in [0.2, 0.25) is 4.34 Å². The molecule has 0 aliphatic rings. The molecule has 0 saturated heterocycles. The van der Waals surface area contributed by atoms with Crippen LogP contribution in [0.1, 0.15) is 16.0 Å². The van der Waals surface area contributed by atoms with Gasteiger partial charge >= 0.3 is 0 Å². The Bertz CT molecular complexity index is 610. The zero-order chi connectivity index (χ0) is 14.5. The summed E-state index contributed by atoms with van der Waals surface area (Å²) in [5.41, 5.74) is 3.27. The van der Waals surface area contributed by atoms with Gasteiger partial charge in [0.25, 0.3) is 0 Å². The molecule has 0 fully saturated rings. The van der Waals surface area contributed by atoms with Crippen LogP contribution in [0.4, 0.5) is 5.69 Å². The van der Waals surface area contributed by atoms with Crippen LogP contribution in [0.5, 0.6) is 0 Å². The Hall–Kier alpha value is -0.970. The second kappa shape index (κ2) is 7.16. The fraction of sp³-hybridized carbons (Fsp3) is 0.267. The molecular weight excluding hydrogens is 310 g/mol. The Morgan fingerprint density at radius 1 is 1.25 bits per heavy atom. The third kappa shape index (κ3) is 4.54. The normalized spacial score (nSPS) is 10.6. The fourth-order valence-electron chi connectivity index (χ4n) is 1.69. The van der Waals surface area contributed by atoms with Crippen LogP contribution in [-0.4, -0.2) is 11.7 Å². The highest BCUT2D eigenvalue weighted by atomic mass is 35.5. The lowest BCUT2D eigenvalue weighted by Crippen LogP contribution is -2.14. The summed E-state index contributed by atoms with van der Waals surface area (Å²) in [6, 6.07) is 9.84. The Morgan fingerprint density at radius 3 is 2.70 bits per heavy atom. The fourth-order valence-corrected chi connectivity index (χ4v) is 3.72. The van der Waals surface area contributed by atoms with Crippen molar-refractivity contribution < 1.29 is 4.79 Å². The quantitative estimate of drug-likeness (QED) is 0.848. The van der Waals surface area contributed by atoms with E-state index >= 15 is 0 Å². The number of hydrogen-bond acceptors (Lipinski definition) is 3. The number of carbonyl (C=O) groups is 1. The molecule has 0 spiro atoms. The van der Waals surface area contributed by atoms with E-state index in [1.54, 1.807) is 23.1 Å². The van der Waals surface area contributed by atoms with Gasteiger partial charge in [-0.2, -0.15) is 0 Å². The maximum absolute atomic E-state index is 11.8. The second-order valence-corrected chi connectivity index (χ2v) is 7.33. The zero-order valence-corrected chi connectivity index (χ0v) is 13.8. The van der Waals surface area contributed by atoms with Gasteiger partial charge in [0.1, 0.15) is 0 Å². The summed E-state index contributed by atoms with van der Waals surface area (Å²) in [5.74, 6) is 1.29. The Morgan fingerprint density at radius 2 is 2.05 bits per heavy atom. The summed E-state index contributed by atoms with van der Waals surface area (Å²) in [6.45, 7) is 4.10. The molecule has 0 unspecified atom stereocenters. The van der Waals surface area contributed by atoms with Crippen LogP contribution in [0.15, 0.2) is 30.3 Å². The maximum Gasteiger partial charge on any atom is 0.234 e. The minimum absolute atomic E-state index is 0.0286. The molecule has 1 aromatic carbocycles. The van der Waals surface area contributed by atoms with Gasteiger partial charge in [-0.1, -0.05) is 17.7 Å². The number of anilines is 1. The van der Waals surface area contributed by atoms with Crippen LogP contribution in [0, 0.1) is 13.8 Å². The van der Waals surface area contributed by atoms with Gasteiger partial charge in [0.2, 0.25) is 5.91 Å². The molecule has 5 heteroatoms. The van der Waals surface area contributed by atoms with Crippen molar-refractivity contribution in [2.45, 2.75) is 19.6 Å². The molecule has 0 saturated carbocycles. The molecule has 106 valence electrons. The van der Waals surface area contributed by atoms with Crippen LogP contribution in [-0.2, 0) is 10.5 Å². The van der Waals surface area contributed by atoms with Gasteiger partial charge in [-0.05, 0) is 49.2 Å². The number of halogens is 1. The SMILES string of the molecule is Cc1ccc(NC(=O)CSCc2ccc(Cl)s2)cc1C. The van der Waals surface area contributed by atoms with E-state index in [2.05, 4.69) is 12.2 Å². The monoisotopic (exact) mass is 325 g/mol. The first kappa shape index (κ1) is 15.4. The van der Waals surface area contributed by atoms with E-state index in [1.165, 1.54) is 16.0 Å². The van der Waals surface area contributed by atoms with E-state index in [1.807, 2.05) is 37.3 Å². The number of amides is 1. The maximum atomic E-state index is 11.8. The number of rotatable bonds is 5. The summed E-state index contributed by atoms with van der Waals surface area (Å²) in [7, 11) is 0. The molecule has 20 heavy (non-hydrogen) atoms. The Balaban J connectivity index is 1.79. The lowest BCUT2D eigenvalue weighted by Gasteiger charge is -2.07. The highest BCUT2D eigenvalue weighted by molar-refractivity contribution is 7.99. The molecule has 0 bridgehead atoms. The molecule has 0 aliphatic heterocycles. The van der Waals surface area contributed by atoms with Crippen molar-refractivity contribution in [2.24, 2.45) is 0 Å². The number of carbonyl (C=O) groups excluding carboxylic acids is 1. The molecule has 1 aromatic heterocycles. The molecule has 0 radical (unpaired) electrons. The lowest BCUT2D eigenvalue weighted by molar-refractivity contribution is -0.113. The van der Waals surface area contributed by atoms with Gasteiger partial charge < -0.3 is 5.32 Å². The van der Waals surface area contributed by atoms with Crippen LogP contribution in [0.3, 0.4) is 0 Å². The first-order valence-electron chi connectivity index (χ1n) is 6.23. The summed E-state index contributed by atoms with van der Waals surface area (Å²) in [4.78, 5) is 13.0. The first-order valence-corrected chi connectivity index (χ1v) is 8.58. The Labute approximate surface area is 132 Å². The van der Waals surface area contributed by atoms with Crippen molar-refractivity contribution in [2.75, 3.05) is 11.1 Å². The van der Waals surface area contributed by atoms with E-state index in [-0.39, 0.29) is 5.91 Å². The van der Waals surface area contributed by atoms with Crippen molar-refractivity contribution >= 4 is 46.3 Å². The van der Waals surface area contributed by atoms with Crippen LogP contribution >= 0.6 is 34.7 Å². The smallest absolute Gasteiger partial charge is 0.234 e. The third-order valence-electron chi connectivity index (χ3n) is 2.90. The van der Waals surface area contributed by atoms with E-state index in [0.29, 0.717) is 5.75 Å². The number of hydrogen-bond donors (Lipinski definition) is 1. The van der Waals surface area contributed by atoms with E-state index in [0.717, 1.165) is 15.8 Å². The predicted molar refractivity (Wildman–Crippen MR) is 90.0 cm³/mol. The number of aryl methyl sites for hydroxylation is 2. The van der Waals surface area contributed by atoms with Crippen LogP contribution in [0.25, 0.3) is 0 Å². The van der Waals surface area contributed by atoms with Gasteiger partial charge in [0, 0.05) is 16.3 Å². The van der Waals surface area contributed by atoms with E-state index in [9.17, 15) is 4.79 Å². The van der Waals surface area contributed by atoms with Crippen molar-refractivity contribution in [1.82, 2.24) is 0 Å². The van der Waals surface area contributed by atoms with Crippen molar-refractivity contribution in [3.8, 4) is 0 Å². The van der Waals surface area contributed by atoms with Crippen LogP contribution < -0.4 is 5.32 Å². The predicted octanol–water partition coefficient (Wildman–Crippen LogP) is 4.89. The molecule has 2 nitrogen and oxygen atoms in total. The molecule has 1 N–H and O–H groups in total. The van der Waals surface area contributed by atoms with Gasteiger partial charge in [-0.3, -0.25) is 4.79 Å². The van der Waals surface area contributed by atoms with Crippen molar-refractivity contribution in [3.05, 3.63) is 50.7 Å². The van der Waals surface area contributed by atoms with Gasteiger partial charge in [0.05, 0.1) is 10.1 Å². The largest absolute Gasteiger partial charge is 0.325 e. The highest BCUT2D eigenvalue weighted by Gasteiger charge is 2.05. The average molecular weight is 326 g/mol. The van der Waals surface area contributed by atoms with Gasteiger partial charge in [0.15, 0.2) is 0 Å².